The minimum atomic E-state index is -0.183. The number of aliphatic hydroxyl groups is 1. The lowest BCUT2D eigenvalue weighted by molar-refractivity contribution is 0.0509. The maximum absolute atomic E-state index is 10.2. The third-order valence-corrected chi connectivity index (χ3v) is 4.79. The highest BCUT2D eigenvalue weighted by molar-refractivity contribution is 6.31. The Morgan fingerprint density at radius 3 is 2.74 bits per heavy atom. The fraction of sp³-hybridized carbons (Fsp3) is 0.800. The number of aromatic nitrogens is 2. The summed E-state index contributed by atoms with van der Waals surface area (Å²) in [6.07, 6.45) is 4.68. The van der Waals surface area contributed by atoms with Crippen molar-refractivity contribution in [3.8, 4) is 0 Å². The molecule has 1 aliphatic rings. The van der Waals surface area contributed by atoms with Gasteiger partial charge in [-0.05, 0) is 50.9 Å². The van der Waals surface area contributed by atoms with Crippen molar-refractivity contribution >= 4 is 11.6 Å². The molecule has 0 aromatic carbocycles. The van der Waals surface area contributed by atoms with E-state index in [2.05, 4.69) is 25.9 Å². The Morgan fingerprint density at radius 1 is 1.37 bits per heavy atom. The molecule has 1 fully saturated rings. The molecule has 2 rings (SSSR count). The Hall–Kier alpha value is -0.540. The number of aryl methyl sites for hydroxylation is 2. The quantitative estimate of drug-likeness (QED) is 0.919. The van der Waals surface area contributed by atoms with Gasteiger partial charge in [-0.1, -0.05) is 25.4 Å². The summed E-state index contributed by atoms with van der Waals surface area (Å²) >= 11 is 6.45. The molecule has 0 saturated heterocycles. The third-order valence-electron chi connectivity index (χ3n) is 4.35. The minimum absolute atomic E-state index is 0.183. The van der Waals surface area contributed by atoms with Crippen LogP contribution in [0, 0.1) is 11.8 Å². The van der Waals surface area contributed by atoms with Crippen LogP contribution in [0.5, 0.6) is 0 Å². The van der Waals surface area contributed by atoms with E-state index in [9.17, 15) is 5.11 Å². The molecule has 0 amide bonds. The van der Waals surface area contributed by atoms with E-state index >= 15 is 0 Å². The van der Waals surface area contributed by atoms with Gasteiger partial charge in [0.1, 0.15) is 0 Å². The van der Waals surface area contributed by atoms with E-state index in [1.54, 1.807) is 0 Å². The number of rotatable bonds is 4. The van der Waals surface area contributed by atoms with Crippen LogP contribution in [0.2, 0.25) is 5.02 Å². The highest BCUT2D eigenvalue weighted by Crippen LogP contribution is 2.33. The molecule has 1 aliphatic carbocycles. The van der Waals surface area contributed by atoms with Crippen molar-refractivity contribution < 1.29 is 5.11 Å². The van der Waals surface area contributed by atoms with Crippen molar-refractivity contribution in [3.05, 3.63) is 16.4 Å². The van der Waals surface area contributed by atoms with Gasteiger partial charge in [0.05, 0.1) is 22.5 Å². The summed E-state index contributed by atoms with van der Waals surface area (Å²) in [6.45, 7) is 7.28. The molecule has 108 valence electrons. The van der Waals surface area contributed by atoms with Crippen LogP contribution >= 0.6 is 11.6 Å². The summed E-state index contributed by atoms with van der Waals surface area (Å²) in [4.78, 5) is 0. The van der Waals surface area contributed by atoms with E-state index in [4.69, 9.17) is 11.6 Å². The third kappa shape index (κ3) is 3.14. The summed E-state index contributed by atoms with van der Waals surface area (Å²) in [5.74, 6) is 1.03. The average Bonchev–Trinajstić information content (AvgIpc) is 2.70. The molecule has 1 saturated carbocycles. The van der Waals surface area contributed by atoms with Crippen LogP contribution in [0.1, 0.15) is 51.4 Å². The van der Waals surface area contributed by atoms with Crippen molar-refractivity contribution in [1.82, 2.24) is 9.78 Å². The molecule has 0 radical (unpaired) electrons. The Labute approximate surface area is 121 Å². The summed E-state index contributed by atoms with van der Waals surface area (Å²) in [5, 5.41) is 15.6. The molecule has 1 aromatic rings. The SMILES string of the molecule is CCc1nn(CC)c(CC2CC(C)CCC2O)c1Cl. The van der Waals surface area contributed by atoms with E-state index in [1.165, 1.54) is 0 Å². The highest BCUT2D eigenvalue weighted by atomic mass is 35.5. The second-order valence-electron chi connectivity index (χ2n) is 5.83. The molecule has 1 heterocycles. The maximum Gasteiger partial charge on any atom is 0.0849 e. The van der Waals surface area contributed by atoms with E-state index in [1.807, 2.05) is 4.68 Å². The number of hydrogen-bond acceptors (Lipinski definition) is 2. The molecule has 1 N–H and O–H groups in total. The number of halogens is 1. The highest BCUT2D eigenvalue weighted by Gasteiger charge is 2.29. The summed E-state index contributed by atoms with van der Waals surface area (Å²) in [5.41, 5.74) is 2.09. The van der Waals surface area contributed by atoms with Gasteiger partial charge in [0.25, 0.3) is 0 Å². The summed E-state index contributed by atoms with van der Waals surface area (Å²) < 4.78 is 2.01. The van der Waals surface area contributed by atoms with Crippen LogP contribution in [-0.4, -0.2) is 21.0 Å². The number of aliphatic hydroxyl groups excluding tert-OH is 1. The monoisotopic (exact) mass is 284 g/mol. The molecule has 1 aromatic heterocycles. The van der Waals surface area contributed by atoms with Crippen molar-refractivity contribution in [3.63, 3.8) is 0 Å². The van der Waals surface area contributed by atoms with Crippen LogP contribution in [0.4, 0.5) is 0 Å². The Bertz CT molecular complexity index is 430. The maximum atomic E-state index is 10.2. The standard InChI is InChI=1S/C15H25ClN2O/c1-4-12-15(16)13(18(5-2)17-12)9-11-8-10(3)6-7-14(11)19/h10-11,14,19H,4-9H2,1-3H3. The average molecular weight is 285 g/mol. The molecule has 0 bridgehead atoms. The van der Waals surface area contributed by atoms with E-state index in [-0.39, 0.29) is 6.10 Å². The Balaban J connectivity index is 2.19. The predicted molar refractivity (Wildman–Crippen MR) is 78.5 cm³/mol. The zero-order chi connectivity index (χ0) is 14.0. The van der Waals surface area contributed by atoms with Gasteiger partial charge in [0.2, 0.25) is 0 Å². The van der Waals surface area contributed by atoms with Gasteiger partial charge in [-0.3, -0.25) is 4.68 Å². The second-order valence-corrected chi connectivity index (χ2v) is 6.20. The minimum Gasteiger partial charge on any atom is -0.393 e. The van der Waals surface area contributed by atoms with E-state index in [0.717, 1.165) is 55.1 Å². The van der Waals surface area contributed by atoms with Crippen molar-refractivity contribution in [2.45, 2.75) is 65.5 Å². The topological polar surface area (TPSA) is 38.0 Å². The first-order valence-corrected chi connectivity index (χ1v) is 7.86. The van der Waals surface area contributed by atoms with Gasteiger partial charge in [0, 0.05) is 6.54 Å². The van der Waals surface area contributed by atoms with Crippen LogP contribution < -0.4 is 0 Å². The largest absolute Gasteiger partial charge is 0.393 e. The molecule has 3 unspecified atom stereocenters. The smallest absolute Gasteiger partial charge is 0.0849 e. The lowest BCUT2D eigenvalue weighted by Gasteiger charge is -2.31. The molecule has 3 atom stereocenters. The first kappa shape index (κ1) is 14.9. The van der Waals surface area contributed by atoms with Crippen molar-refractivity contribution in [2.75, 3.05) is 0 Å². The Kier molecular flexibility index (Phi) is 4.91. The fourth-order valence-corrected chi connectivity index (χ4v) is 3.51. The zero-order valence-electron chi connectivity index (χ0n) is 12.2. The molecule has 19 heavy (non-hydrogen) atoms. The lowest BCUT2D eigenvalue weighted by atomic mass is 9.78. The fourth-order valence-electron chi connectivity index (χ4n) is 3.16. The van der Waals surface area contributed by atoms with E-state index < -0.39 is 0 Å². The number of nitrogens with zero attached hydrogens (tertiary/aromatic N) is 2. The molecule has 0 spiro atoms. The Morgan fingerprint density at radius 2 is 2.11 bits per heavy atom. The van der Waals surface area contributed by atoms with Gasteiger partial charge in [-0.15, -0.1) is 0 Å². The van der Waals surface area contributed by atoms with Gasteiger partial charge in [-0.25, -0.2) is 0 Å². The van der Waals surface area contributed by atoms with Gasteiger partial charge in [0.15, 0.2) is 0 Å². The van der Waals surface area contributed by atoms with Crippen molar-refractivity contribution in [2.24, 2.45) is 11.8 Å². The normalized spacial score (nSPS) is 27.7. The van der Waals surface area contributed by atoms with Gasteiger partial charge < -0.3 is 5.11 Å². The second kappa shape index (κ2) is 6.27. The first-order chi connectivity index (χ1) is 9.06. The van der Waals surface area contributed by atoms with Crippen LogP contribution in [0.3, 0.4) is 0 Å². The zero-order valence-corrected chi connectivity index (χ0v) is 13.0. The van der Waals surface area contributed by atoms with Crippen LogP contribution in [0.15, 0.2) is 0 Å². The first-order valence-electron chi connectivity index (χ1n) is 7.48. The molecule has 0 aliphatic heterocycles. The lowest BCUT2D eigenvalue weighted by Crippen LogP contribution is -2.30. The van der Waals surface area contributed by atoms with Crippen molar-refractivity contribution in [1.29, 1.82) is 0 Å². The molecule has 4 heteroatoms. The predicted octanol–water partition coefficient (Wildman–Crippen LogP) is 3.46. The van der Waals surface area contributed by atoms with Crippen LogP contribution in [-0.2, 0) is 19.4 Å². The molecule has 3 nitrogen and oxygen atoms in total. The number of hydrogen-bond donors (Lipinski definition) is 1. The summed E-state index contributed by atoms with van der Waals surface area (Å²) in [6, 6.07) is 0. The van der Waals surface area contributed by atoms with E-state index in [0.29, 0.717) is 11.8 Å². The van der Waals surface area contributed by atoms with Gasteiger partial charge >= 0.3 is 0 Å². The molecular formula is C15H25ClN2O. The van der Waals surface area contributed by atoms with Gasteiger partial charge in [-0.2, -0.15) is 5.10 Å². The molecular weight excluding hydrogens is 260 g/mol. The summed E-state index contributed by atoms with van der Waals surface area (Å²) in [7, 11) is 0. The van der Waals surface area contributed by atoms with Crippen LogP contribution in [0.25, 0.3) is 0 Å².